The molecule has 0 aromatic carbocycles. The summed E-state index contributed by atoms with van der Waals surface area (Å²) in [6, 6.07) is 0. The van der Waals surface area contributed by atoms with Crippen LogP contribution in [0.5, 0.6) is 0 Å². The van der Waals surface area contributed by atoms with E-state index in [1.807, 2.05) is 0 Å². The highest BCUT2D eigenvalue weighted by molar-refractivity contribution is 5.83. The van der Waals surface area contributed by atoms with E-state index in [0.717, 1.165) is 12.8 Å². The molecule has 0 N–H and O–H groups in total. The normalized spacial score (nSPS) is 43.0. The largest absolute Gasteiger partial charge is 0.356 e. The van der Waals surface area contributed by atoms with Crippen LogP contribution in [0.3, 0.4) is 0 Å². The maximum Gasteiger partial charge on any atom is 0.160 e. The summed E-state index contributed by atoms with van der Waals surface area (Å²) in [5, 5.41) is 0. The predicted octanol–water partition coefficient (Wildman–Crippen LogP) is 0.584. The van der Waals surface area contributed by atoms with E-state index < -0.39 is 0 Å². The lowest BCUT2D eigenvalue weighted by molar-refractivity contribution is -0.121. The van der Waals surface area contributed by atoms with Gasteiger partial charge < -0.3 is 9.47 Å². The molecule has 1 saturated carbocycles. The van der Waals surface area contributed by atoms with E-state index in [-0.39, 0.29) is 12.2 Å². The average molecular weight is 156 g/mol. The number of rotatable bonds is 1. The fourth-order valence-corrected chi connectivity index (χ4v) is 2.04. The van der Waals surface area contributed by atoms with E-state index in [1.54, 1.807) is 7.11 Å². The van der Waals surface area contributed by atoms with Crippen molar-refractivity contribution in [2.45, 2.75) is 19.1 Å². The topological polar surface area (TPSA) is 35.5 Å². The highest BCUT2D eigenvalue weighted by Gasteiger charge is 2.45. The Morgan fingerprint density at radius 1 is 1.64 bits per heavy atom. The first-order valence-electron chi connectivity index (χ1n) is 4.00. The molecule has 2 aliphatic rings. The Hall–Kier alpha value is -0.410. The molecule has 0 bridgehead atoms. The Bertz CT molecular complexity index is 178. The maximum absolute atomic E-state index is 11.2. The van der Waals surface area contributed by atoms with Gasteiger partial charge in [-0.2, -0.15) is 0 Å². The molecule has 1 aliphatic carbocycles. The molecule has 0 aromatic rings. The Morgan fingerprint density at radius 2 is 2.45 bits per heavy atom. The van der Waals surface area contributed by atoms with E-state index in [2.05, 4.69) is 0 Å². The summed E-state index contributed by atoms with van der Waals surface area (Å²) in [5.74, 6) is 0.835. The third kappa shape index (κ3) is 0.993. The Balaban J connectivity index is 2.10. The molecule has 11 heavy (non-hydrogen) atoms. The third-order valence-electron chi connectivity index (χ3n) is 2.68. The standard InChI is InChI=1S/C8H12O3/c1-10-8-5-2-3-7(9)6(5)4-11-8/h5-6,8H,2-4H2,1H3/t5-,6-,8?/m0/s1. The van der Waals surface area contributed by atoms with Gasteiger partial charge in [-0.05, 0) is 6.42 Å². The van der Waals surface area contributed by atoms with Crippen LogP contribution in [0.25, 0.3) is 0 Å². The van der Waals surface area contributed by atoms with Gasteiger partial charge in [0.15, 0.2) is 6.29 Å². The van der Waals surface area contributed by atoms with E-state index >= 15 is 0 Å². The number of carbonyl (C=O) groups excluding carboxylic acids is 1. The fraction of sp³-hybridized carbons (Fsp3) is 0.875. The lowest BCUT2D eigenvalue weighted by atomic mass is 9.99. The summed E-state index contributed by atoms with van der Waals surface area (Å²) in [6.07, 6.45) is 1.55. The van der Waals surface area contributed by atoms with Gasteiger partial charge in [0.25, 0.3) is 0 Å². The number of hydrogen-bond donors (Lipinski definition) is 0. The van der Waals surface area contributed by atoms with Gasteiger partial charge in [-0.15, -0.1) is 0 Å². The van der Waals surface area contributed by atoms with Crippen molar-refractivity contribution < 1.29 is 14.3 Å². The highest BCUT2D eigenvalue weighted by atomic mass is 16.7. The Labute approximate surface area is 65.7 Å². The molecule has 0 aromatic heterocycles. The van der Waals surface area contributed by atoms with Crippen LogP contribution in [0.2, 0.25) is 0 Å². The highest BCUT2D eigenvalue weighted by Crippen LogP contribution is 2.38. The molecule has 2 fully saturated rings. The number of ether oxygens (including phenoxy) is 2. The van der Waals surface area contributed by atoms with E-state index in [4.69, 9.17) is 9.47 Å². The minimum atomic E-state index is -0.119. The number of ketones is 1. The van der Waals surface area contributed by atoms with Gasteiger partial charge >= 0.3 is 0 Å². The SMILES string of the molecule is COC1OC[C@@H]2C(=O)CC[C@H]12. The zero-order valence-corrected chi connectivity index (χ0v) is 6.58. The summed E-state index contributed by atoms with van der Waals surface area (Å²) < 4.78 is 10.4. The minimum absolute atomic E-state index is 0.119. The van der Waals surface area contributed by atoms with Crippen molar-refractivity contribution in [2.24, 2.45) is 11.8 Å². The zero-order chi connectivity index (χ0) is 7.84. The van der Waals surface area contributed by atoms with Crippen molar-refractivity contribution in [3.8, 4) is 0 Å². The quantitative estimate of drug-likeness (QED) is 0.557. The molecule has 1 unspecified atom stereocenters. The lowest BCUT2D eigenvalue weighted by Gasteiger charge is -2.13. The Morgan fingerprint density at radius 3 is 3.18 bits per heavy atom. The molecular formula is C8H12O3. The molecule has 1 aliphatic heterocycles. The monoisotopic (exact) mass is 156 g/mol. The predicted molar refractivity (Wildman–Crippen MR) is 38.0 cm³/mol. The van der Waals surface area contributed by atoms with Crippen molar-refractivity contribution in [1.29, 1.82) is 0 Å². The molecule has 0 radical (unpaired) electrons. The number of Topliss-reactive ketones (excluding diaryl/α,β-unsaturated/α-hetero) is 1. The van der Waals surface area contributed by atoms with Gasteiger partial charge in [-0.3, -0.25) is 4.79 Å². The first-order chi connectivity index (χ1) is 5.33. The summed E-state index contributed by atoms with van der Waals surface area (Å²) in [6.45, 7) is 0.571. The van der Waals surface area contributed by atoms with Gasteiger partial charge in [-0.1, -0.05) is 0 Å². The van der Waals surface area contributed by atoms with Crippen LogP contribution in [0.1, 0.15) is 12.8 Å². The zero-order valence-electron chi connectivity index (χ0n) is 6.58. The number of fused-ring (bicyclic) bond motifs is 1. The van der Waals surface area contributed by atoms with Crippen LogP contribution in [0.4, 0.5) is 0 Å². The van der Waals surface area contributed by atoms with E-state index in [0.29, 0.717) is 18.3 Å². The molecule has 62 valence electrons. The van der Waals surface area contributed by atoms with Gasteiger partial charge in [0.2, 0.25) is 0 Å². The first-order valence-corrected chi connectivity index (χ1v) is 4.00. The molecule has 1 heterocycles. The summed E-state index contributed by atoms with van der Waals surface area (Å²) >= 11 is 0. The Kier molecular flexibility index (Phi) is 1.69. The summed E-state index contributed by atoms with van der Waals surface area (Å²) in [7, 11) is 1.63. The number of hydrogen-bond acceptors (Lipinski definition) is 3. The van der Waals surface area contributed by atoms with Crippen LogP contribution in [-0.2, 0) is 14.3 Å². The second-order valence-corrected chi connectivity index (χ2v) is 3.21. The second kappa shape index (κ2) is 2.57. The lowest BCUT2D eigenvalue weighted by Crippen LogP contribution is -2.19. The van der Waals surface area contributed by atoms with Gasteiger partial charge in [-0.25, -0.2) is 0 Å². The third-order valence-corrected chi connectivity index (χ3v) is 2.68. The maximum atomic E-state index is 11.2. The van der Waals surface area contributed by atoms with Crippen LogP contribution < -0.4 is 0 Å². The second-order valence-electron chi connectivity index (χ2n) is 3.21. The van der Waals surface area contributed by atoms with Gasteiger partial charge in [0.1, 0.15) is 5.78 Å². The van der Waals surface area contributed by atoms with Crippen molar-refractivity contribution in [2.75, 3.05) is 13.7 Å². The van der Waals surface area contributed by atoms with Crippen LogP contribution in [0.15, 0.2) is 0 Å². The molecule has 0 spiro atoms. The molecule has 3 heteroatoms. The number of carbonyl (C=O) groups is 1. The fourth-order valence-electron chi connectivity index (χ4n) is 2.04. The molecule has 1 saturated heterocycles. The molecule has 2 rings (SSSR count). The summed E-state index contributed by atoms with van der Waals surface area (Å²) in [4.78, 5) is 11.2. The van der Waals surface area contributed by atoms with E-state index in [1.165, 1.54) is 0 Å². The van der Waals surface area contributed by atoms with Gasteiger partial charge in [0.05, 0.1) is 6.61 Å². The molecule has 3 atom stereocenters. The minimum Gasteiger partial charge on any atom is -0.356 e. The molecular weight excluding hydrogens is 144 g/mol. The van der Waals surface area contributed by atoms with Crippen molar-refractivity contribution in [3.63, 3.8) is 0 Å². The average Bonchev–Trinajstić information content (AvgIpc) is 2.53. The molecule has 0 amide bonds. The first kappa shape index (κ1) is 7.25. The number of methoxy groups -OCH3 is 1. The van der Waals surface area contributed by atoms with Crippen molar-refractivity contribution in [1.82, 2.24) is 0 Å². The smallest absolute Gasteiger partial charge is 0.160 e. The van der Waals surface area contributed by atoms with Crippen LogP contribution in [0, 0.1) is 11.8 Å². The van der Waals surface area contributed by atoms with E-state index in [9.17, 15) is 4.79 Å². The van der Waals surface area contributed by atoms with Crippen molar-refractivity contribution >= 4 is 5.78 Å². The van der Waals surface area contributed by atoms with Crippen LogP contribution in [-0.4, -0.2) is 25.8 Å². The summed E-state index contributed by atoms with van der Waals surface area (Å²) in [5.41, 5.74) is 0. The van der Waals surface area contributed by atoms with Gasteiger partial charge in [0, 0.05) is 25.4 Å². The van der Waals surface area contributed by atoms with Crippen molar-refractivity contribution in [3.05, 3.63) is 0 Å². The molecule has 3 nitrogen and oxygen atoms in total. The van der Waals surface area contributed by atoms with Crippen LogP contribution >= 0.6 is 0 Å².